The van der Waals surface area contributed by atoms with E-state index < -0.39 is 7.75 Å². The van der Waals surface area contributed by atoms with E-state index in [1.165, 1.54) is 154 Å². The van der Waals surface area contributed by atoms with E-state index in [1.54, 1.807) is 0 Å². The summed E-state index contributed by atoms with van der Waals surface area (Å²) in [6, 6.07) is 0. The zero-order valence-corrected chi connectivity index (χ0v) is 35.4. The van der Waals surface area contributed by atoms with Crippen LogP contribution in [-0.4, -0.2) is 82.1 Å². The van der Waals surface area contributed by atoms with Crippen LogP contribution in [0.2, 0.25) is 0 Å². The minimum absolute atomic E-state index is 0.534. The normalized spacial score (nSPS) is 12.3. The molecule has 0 heterocycles. The summed E-state index contributed by atoms with van der Waals surface area (Å²) >= 11 is 0. The fourth-order valence-corrected chi connectivity index (χ4v) is 8.54. The molecule has 0 radical (unpaired) electrons. The lowest BCUT2D eigenvalue weighted by Gasteiger charge is -2.31. The molecule has 0 aliphatic carbocycles. The van der Waals surface area contributed by atoms with Crippen molar-refractivity contribution in [3.8, 4) is 0 Å². The third kappa shape index (κ3) is 34.9. The number of rotatable bonds is 41. The van der Waals surface area contributed by atoms with Crippen molar-refractivity contribution in [1.29, 1.82) is 0 Å². The zero-order valence-electron chi connectivity index (χ0n) is 34.5. The summed E-state index contributed by atoms with van der Waals surface area (Å²) in [5, 5.41) is 0. The van der Waals surface area contributed by atoms with Crippen molar-refractivity contribution >= 4 is 7.75 Å². The molecular weight excluding hydrogens is 625 g/mol. The molecule has 0 aromatic carbocycles. The number of hydrogen-bond donors (Lipinski definition) is 0. The largest absolute Gasteiger partial charge is 0.408 e. The highest BCUT2D eigenvalue weighted by molar-refractivity contribution is 7.51. The lowest BCUT2D eigenvalue weighted by atomic mass is 10.0. The molecule has 0 atom stereocenters. The molecule has 0 aliphatic heterocycles. The van der Waals surface area contributed by atoms with Crippen LogP contribution in [0.1, 0.15) is 206 Å². The van der Waals surface area contributed by atoms with Crippen LogP contribution in [0.4, 0.5) is 0 Å². The maximum Gasteiger partial charge on any atom is 0.408 e. The second-order valence-electron chi connectivity index (χ2n) is 15.6. The average Bonchev–Trinajstić information content (AvgIpc) is 3.07. The van der Waals surface area contributed by atoms with Gasteiger partial charge in [0.25, 0.3) is 0 Å². The molecule has 7 heteroatoms. The Morgan fingerprint density at radius 3 is 0.837 bits per heavy atom. The fraction of sp³-hybridized carbons (Fsp3) is 1.00. The van der Waals surface area contributed by atoms with Gasteiger partial charge in [-0.25, -0.2) is 9.24 Å². The molecule has 0 spiro atoms. The first-order valence-electron chi connectivity index (χ1n) is 21.8. The molecule has 0 fully saturated rings. The first kappa shape index (κ1) is 49.0. The highest BCUT2D eigenvalue weighted by Gasteiger charge is 2.33. The lowest BCUT2D eigenvalue weighted by Crippen LogP contribution is -2.30. The van der Waals surface area contributed by atoms with E-state index in [0.29, 0.717) is 13.2 Å². The van der Waals surface area contributed by atoms with Gasteiger partial charge < -0.3 is 9.80 Å². The molecule has 6 nitrogen and oxygen atoms in total. The van der Waals surface area contributed by atoms with Crippen molar-refractivity contribution in [2.45, 2.75) is 206 Å². The summed E-state index contributed by atoms with van der Waals surface area (Å²) in [6.07, 6.45) is 39.2. The Hall–Kier alpha value is 0.0300. The molecule has 0 N–H and O–H groups in total. The molecule has 0 rings (SSSR count). The molecule has 0 aromatic rings. The molecule has 0 saturated carbocycles. The van der Waals surface area contributed by atoms with Gasteiger partial charge in [0.05, 0.1) is 13.2 Å². The Bertz CT molecular complexity index is 642. The van der Waals surface area contributed by atoms with Gasteiger partial charge in [0, 0.05) is 13.1 Å². The SMILES string of the molecule is CCCCCCCCCCCCCCCCOP(=O)(OCCCCCCCCCCCCCCCC)N(CCCN(C)C)CCCN(C)C. The predicted molar refractivity (Wildman–Crippen MR) is 218 cm³/mol. The van der Waals surface area contributed by atoms with E-state index in [0.717, 1.165) is 64.7 Å². The molecule has 0 bridgehead atoms. The zero-order chi connectivity index (χ0) is 36.1. The molecule has 49 heavy (non-hydrogen) atoms. The summed E-state index contributed by atoms with van der Waals surface area (Å²) in [6.45, 7) is 9.10. The first-order chi connectivity index (χ1) is 23.9. The number of hydrogen-bond acceptors (Lipinski definition) is 5. The second-order valence-corrected chi connectivity index (χ2v) is 17.6. The maximum atomic E-state index is 14.4. The molecule has 0 saturated heterocycles. The van der Waals surface area contributed by atoms with Crippen molar-refractivity contribution in [3.63, 3.8) is 0 Å². The quantitative estimate of drug-likeness (QED) is 0.0464. The van der Waals surface area contributed by atoms with E-state index in [1.807, 2.05) is 0 Å². The van der Waals surface area contributed by atoms with Crippen molar-refractivity contribution in [2.24, 2.45) is 0 Å². The van der Waals surface area contributed by atoms with Crippen LogP contribution < -0.4 is 0 Å². The summed E-state index contributed by atoms with van der Waals surface area (Å²) in [5.74, 6) is 0. The third-order valence-electron chi connectivity index (χ3n) is 9.89. The van der Waals surface area contributed by atoms with Gasteiger partial charge in [0.1, 0.15) is 0 Å². The Balaban J connectivity index is 4.49. The van der Waals surface area contributed by atoms with Crippen molar-refractivity contribution in [1.82, 2.24) is 14.5 Å². The maximum absolute atomic E-state index is 14.4. The van der Waals surface area contributed by atoms with Crippen LogP contribution in [0.15, 0.2) is 0 Å². The summed E-state index contributed by atoms with van der Waals surface area (Å²) < 4.78 is 29.0. The summed E-state index contributed by atoms with van der Waals surface area (Å²) in [4.78, 5) is 4.40. The summed E-state index contributed by atoms with van der Waals surface area (Å²) in [5.41, 5.74) is 0. The monoisotopic (exact) mass is 716 g/mol. The van der Waals surface area contributed by atoms with Gasteiger partial charge in [-0.15, -0.1) is 0 Å². The van der Waals surface area contributed by atoms with E-state index in [4.69, 9.17) is 9.05 Å². The molecule has 296 valence electrons. The molecule has 0 aliphatic rings. The number of unbranched alkanes of at least 4 members (excludes halogenated alkanes) is 26. The Kier molecular flexibility index (Phi) is 37.8. The van der Waals surface area contributed by atoms with Crippen LogP contribution in [0, 0.1) is 0 Å². The van der Waals surface area contributed by atoms with Gasteiger partial charge >= 0.3 is 7.75 Å². The van der Waals surface area contributed by atoms with Crippen LogP contribution >= 0.6 is 7.75 Å². The Morgan fingerprint density at radius 1 is 0.347 bits per heavy atom. The van der Waals surface area contributed by atoms with Gasteiger partial charge in [0.2, 0.25) is 0 Å². The Morgan fingerprint density at radius 2 is 0.592 bits per heavy atom. The first-order valence-corrected chi connectivity index (χ1v) is 23.3. The standard InChI is InChI=1S/C42H90N3O3P/c1-7-9-11-13-15-17-19-21-23-25-27-29-31-33-41-47-49(46,45(39-35-37-43(3)4)40-36-38-44(5)6)48-42-34-32-30-28-26-24-22-20-18-16-14-12-10-8-2/h7-42H2,1-6H3. The van der Waals surface area contributed by atoms with Gasteiger partial charge in [-0.3, -0.25) is 9.05 Å². The highest BCUT2D eigenvalue weighted by Crippen LogP contribution is 2.52. The topological polar surface area (TPSA) is 45.3 Å². The predicted octanol–water partition coefficient (Wildman–Crippen LogP) is 13.3. The highest BCUT2D eigenvalue weighted by atomic mass is 31.2. The fourth-order valence-electron chi connectivity index (χ4n) is 6.65. The van der Waals surface area contributed by atoms with Gasteiger partial charge in [0.15, 0.2) is 0 Å². The van der Waals surface area contributed by atoms with Crippen molar-refractivity contribution < 1.29 is 13.6 Å². The average molecular weight is 716 g/mol. The molecule has 0 amide bonds. The van der Waals surface area contributed by atoms with E-state index in [-0.39, 0.29) is 0 Å². The third-order valence-corrected chi connectivity index (χ3v) is 12.0. The minimum Gasteiger partial charge on any atom is -0.309 e. The smallest absolute Gasteiger partial charge is 0.309 e. The van der Waals surface area contributed by atoms with E-state index in [9.17, 15) is 4.57 Å². The van der Waals surface area contributed by atoms with E-state index in [2.05, 4.69) is 56.5 Å². The minimum atomic E-state index is -3.33. The molecule has 0 unspecified atom stereocenters. The Labute approximate surface area is 309 Å². The van der Waals surface area contributed by atoms with Gasteiger partial charge in [-0.2, -0.15) is 0 Å². The van der Waals surface area contributed by atoms with Crippen LogP contribution in [0.5, 0.6) is 0 Å². The van der Waals surface area contributed by atoms with Crippen LogP contribution in [0.25, 0.3) is 0 Å². The second kappa shape index (κ2) is 37.8. The molecule has 0 aromatic heterocycles. The van der Waals surface area contributed by atoms with Crippen molar-refractivity contribution in [2.75, 3.05) is 67.6 Å². The van der Waals surface area contributed by atoms with Gasteiger partial charge in [-0.05, 0) is 67.0 Å². The van der Waals surface area contributed by atoms with Gasteiger partial charge in [-0.1, -0.05) is 181 Å². The van der Waals surface area contributed by atoms with E-state index >= 15 is 0 Å². The lowest BCUT2D eigenvalue weighted by molar-refractivity contribution is 0.147. The van der Waals surface area contributed by atoms with Crippen molar-refractivity contribution in [3.05, 3.63) is 0 Å². The molecular formula is C42H90N3O3P. The number of nitrogens with zero attached hydrogens (tertiary/aromatic N) is 3. The van der Waals surface area contributed by atoms with Crippen LogP contribution in [-0.2, 0) is 13.6 Å². The summed E-state index contributed by atoms with van der Waals surface area (Å²) in [7, 11) is 5.10. The van der Waals surface area contributed by atoms with Crippen LogP contribution in [0.3, 0.4) is 0 Å².